The molecule has 0 bridgehead atoms. The van der Waals surface area contributed by atoms with Gasteiger partial charge in [0.1, 0.15) is 26.3 Å². The highest BCUT2D eigenvalue weighted by molar-refractivity contribution is 7.92. The predicted molar refractivity (Wildman–Crippen MR) is 127 cm³/mol. The molecule has 0 atom stereocenters. The lowest BCUT2D eigenvalue weighted by Gasteiger charge is -2.10. The predicted octanol–water partition coefficient (Wildman–Crippen LogP) is 5.29. The van der Waals surface area contributed by atoms with Crippen molar-refractivity contribution in [1.82, 2.24) is 0 Å². The third-order valence-electron chi connectivity index (χ3n) is 4.86. The van der Waals surface area contributed by atoms with Gasteiger partial charge in [-0.25, -0.2) is 12.8 Å². The minimum atomic E-state index is -4.06. The number of benzene rings is 3. The van der Waals surface area contributed by atoms with E-state index in [1.165, 1.54) is 31.4 Å². The van der Waals surface area contributed by atoms with Crippen LogP contribution in [-0.4, -0.2) is 21.3 Å². The van der Waals surface area contributed by atoms with E-state index in [0.717, 1.165) is 23.5 Å². The molecule has 0 radical (unpaired) electrons. The number of ether oxygens (including phenoxy) is 1. The Labute approximate surface area is 194 Å². The average Bonchev–Trinajstić information content (AvgIpc) is 3.16. The molecular weight excluding hydrogens is 463 g/mol. The lowest BCUT2D eigenvalue weighted by Crippen LogP contribution is -2.08. The number of methoxy groups -OCH3 is 1. The third-order valence-corrected chi connectivity index (χ3v) is 7.97. The molecule has 0 fully saturated rings. The molecule has 9 heteroatoms. The first kappa shape index (κ1) is 22.5. The van der Waals surface area contributed by atoms with Crippen LogP contribution in [0.15, 0.2) is 88.7 Å². The number of anilines is 3. The van der Waals surface area contributed by atoms with Crippen molar-refractivity contribution < 1.29 is 22.3 Å². The molecule has 3 N–H and O–H groups in total. The maximum absolute atomic E-state index is 13.5. The van der Waals surface area contributed by atoms with Crippen LogP contribution >= 0.6 is 11.3 Å². The number of carbonyl (C=O) groups excluding carboxylic acids is 1. The lowest BCUT2D eigenvalue weighted by molar-refractivity contribution is 0.104. The van der Waals surface area contributed by atoms with Crippen LogP contribution in [0.3, 0.4) is 0 Å². The topological polar surface area (TPSA) is 98.5 Å². The Balaban J connectivity index is 1.87. The number of nitrogens with two attached hydrogens (primary N) is 1. The summed E-state index contributed by atoms with van der Waals surface area (Å²) in [4.78, 5) is 13.0. The van der Waals surface area contributed by atoms with Crippen LogP contribution in [0.4, 0.5) is 20.8 Å². The monoisotopic (exact) mass is 482 g/mol. The Morgan fingerprint density at radius 1 is 1.00 bits per heavy atom. The summed E-state index contributed by atoms with van der Waals surface area (Å²) in [5.41, 5.74) is 6.87. The lowest BCUT2D eigenvalue weighted by atomic mass is 10.1. The van der Waals surface area contributed by atoms with Crippen molar-refractivity contribution in [2.75, 3.05) is 18.2 Å². The fourth-order valence-electron chi connectivity index (χ4n) is 3.23. The van der Waals surface area contributed by atoms with Gasteiger partial charge >= 0.3 is 0 Å². The van der Waals surface area contributed by atoms with Gasteiger partial charge in [-0.1, -0.05) is 24.3 Å². The highest BCUT2D eigenvalue weighted by Crippen LogP contribution is 2.44. The Morgan fingerprint density at radius 2 is 1.70 bits per heavy atom. The van der Waals surface area contributed by atoms with Crippen LogP contribution < -0.4 is 15.8 Å². The summed E-state index contributed by atoms with van der Waals surface area (Å²) in [5, 5.41) is 3.26. The Bertz CT molecular complexity index is 1420. The van der Waals surface area contributed by atoms with Crippen LogP contribution in [-0.2, 0) is 9.84 Å². The second kappa shape index (κ2) is 9.05. The number of nitrogens with one attached hydrogen (secondary N) is 1. The van der Waals surface area contributed by atoms with Crippen LogP contribution in [0.5, 0.6) is 5.75 Å². The van der Waals surface area contributed by atoms with E-state index in [-0.39, 0.29) is 30.9 Å². The van der Waals surface area contributed by atoms with E-state index in [2.05, 4.69) is 5.32 Å². The van der Waals surface area contributed by atoms with Gasteiger partial charge in [0.2, 0.25) is 15.6 Å². The average molecular weight is 483 g/mol. The molecule has 4 rings (SSSR count). The first-order valence-electron chi connectivity index (χ1n) is 9.75. The first-order chi connectivity index (χ1) is 15.8. The van der Waals surface area contributed by atoms with Crippen molar-refractivity contribution in [3.05, 3.63) is 95.1 Å². The molecule has 6 nitrogen and oxygen atoms in total. The second-order valence-electron chi connectivity index (χ2n) is 7.01. The Kier molecular flexibility index (Phi) is 6.17. The maximum atomic E-state index is 13.5. The molecule has 1 heterocycles. The van der Waals surface area contributed by atoms with E-state index in [0.29, 0.717) is 11.4 Å². The van der Waals surface area contributed by atoms with Gasteiger partial charge in [-0.3, -0.25) is 4.79 Å². The van der Waals surface area contributed by atoms with Crippen molar-refractivity contribution in [1.29, 1.82) is 0 Å². The van der Waals surface area contributed by atoms with Gasteiger partial charge in [0.05, 0.1) is 17.7 Å². The molecule has 0 saturated heterocycles. The minimum Gasteiger partial charge on any atom is -0.497 e. The van der Waals surface area contributed by atoms with Gasteiger partial charge in [-0.15, -0.1) is 11.3 Å². The van der Waals surface area contributed by atoms with Gasteiger partial charge in [0, 0.05) is 17.3 Å². The van der Waals surface area contributed by atoms with Crippen molar-refractivity contribution in [2.24, 2.45) is 0 Å². The summed E-state index contributed by atoms with van der Waals surface area (Å²) in [6.07, 6.45) is 0. The van der Waals surface area contributed by atoms with Crippen molar-refractivity contribution in [3.63, 3.8) is 0 Å². The molecular formula is C24H19FN2O4S2. The molecule has 168 valence electrons. The van der Waals surface area contributed by atoms with Gasteiger partial charge < -0.3 is 15.8 Å². The number of thiophene rings is 1. The number of carbonyl (C=O) groups is 1. The van der Waals surface area contributed by atoms with Crippen LogP contribution in [0, 0.1) is 5.82 Å². The number of halogens is 1. The van der Waals surface area contributed by atoms with Crippen LogP contribution in [0.2, 0.25) is 0 Å². The van der Waals surface area contributed by atoms with E-state index in [1.807, 2.05) is 0 Å². The third kappa shape index (κ3) is 4.46. The zero-order valence-electron chi connectivity index (χ0n) is 17.4. The summed E-state index contributed by atoms with van der Waals surface area (Å²) in [7, 11) is -2.54. The molecule has 4 aromatic rings. The number of hydrogen-bond acceptors (Lipinski definition) is 7. The molecule has 33 heavy (non-hydrogen) atoms. The van der Waals surface area contributed by atoms with Gasteiger partial charge in [-0.2, -0.15) is 0 Å². The summed E-state index contributed by atoms with van der Waals surface area (Å²) in [5.74, 6) is -0.418. The summed E-state index contributed by atoms with van der Waals surface area (Å²) >= 11 is 0.924. The molecule has 0 amide bonds. The van der Waals surface area contributed by atoms with Gasteiger partial charge in [-0.05, 0) is 48.5 Å². The van der Waals surface area contributed by atoms with Crippen molar-refractivity contribution >= 4 is 43.3 Å². The zero-order valence-corrected chi connectivity index (χ0v) is 19.0. The number of ketones is 1. The number of rotatable bonds is 7. The van der Waals surface area contributed by atoms with Crippen LogP contribution in [0.25, 0.3) is 0 Å². The highest BCUT2D eigenvalue weighted by atomic mass is 32.2. The Morgan fingerprint density at radius 3 is 2.36 bits per heavy atom. The molecule has 0 unspecified atom stereocenters. The minimum absolute atomic E-state index is 0.0431. The zero-order chi connectivity index (χ0) is 23.6. The van der Waals surface area contributed by atoms with E-state index < -0.39 is 21.4 Å². The van der Waals surface area contributed by atoms with Crippen molar-refractivity contribution in [3.8, 4) is 5.75 Å². The largest absolute Gasteiger partial charge is 0.497 e. The fraction of sp³-hybridized carbons (Fsp3) is 0.0417. The summed E-state index contributed by atoms with van der Waals surface area (Å²) in [6, 6.07) is 19.7. The van der Waals surface area contributed by atoms with Gasteiger partial charge in [0.25, 0.3) is 0 Å². The molecule has 0 aliphatic rings. The maximum Gasteiger partial charge on any atom is 0.211 e. The second-order valence-corrected chi connectivity index (χ2v) is 9.92. The SMILES string of the molecule is COc1cccc(Nc2sc(C(=O)c3ccc(F)cc3)c(N)c2S(=O)(=O)c2ccccc2)c1. The number of hydrogen-bond donors (Lipinski definition) is 2. The van der Waals surface area contributed by atoms with E-state index >= 15 is 0 Å². The normalized spacial score (nSPS) is 11.2. The smallest absolute Gasteiger partial charge is 0.211 e. The molecule has 0 aliphatic carbocycles. The summed E-state index contributed by atoms with van der Waals surface area (Å²) < 4.78 is 45.6. The van der Waals surface area contributed by atoms with Crippen molar-refractivity contribution in [2.45, 2.75) is 9.79 Å². The number of nitrogen functional groups attached to an aromatic ring is 1. The molecule has 1 aromatic heterocycles. The van der Waals surface area contributed by atoms with E-state index in [1.54, 1.807) is 42.5 Å². The van der Waals surface area contributed by atoms with Gasteiger partial charge in [0.15, 0.2) is 0 Å². The Hall–Kier alpha value is -3.69. The first-order valence-corrected chi connectivity index (χ1v) is 12.0. The number of sulfone groups is 1. The standard InChI is InChI=1S/C24H19FN2O4S2/c1-31-18-7-5-6-17(14-18)27-24-23(33(29,30)19-8-3-2-4-9-19)20(26)22(32-24)21(28)15-10-12-16(25)13-11-15/h2-14,27H,26H2,1H3. The van der Waals surface area contributed by atoms with Crippen LogP contribution in [0.1, 0.15) is 15.2 Å². The molecule has 3 aromatic carbocycles. The quantitative estimate of drug-likeness (QED) is 0.348. The molecule has 0 aliphatic heterocycles. The molecule has 0 spiro atoms. The fourth-order valence-corrected chi connectivity index (χ4v) is 6.18. The van der Waals surface area contributed by atoms with E-state index in [9.17, 15) is 17.6 Å². The summed E-state index contributed by atoms with van der Waals surface area (Å²) in [6.45, 7) is 0. The van der Waals surface area contributed by atoms with E-state index in [4.69, 9.17) is 10.5 Å². The highest BCUT2D eigenvalue weighted by Gasteiger charge is 2.31. The molecule has 0 saturated carbocycles.